The second-order valence-electron chi connectivity index (χ2n) is 8.36. The molecule has 0 atom stereocenters. The third-order valence-corrected chi connectivity index (χ3v) is 5.60. The van der Waals surface area contributed by atoms with Crippen LogP contribution in [-0.4, -0.2) is 43.7 Å². The molecule has 0 unspecified atom stereocenters. The summed E-state index contributed by atoms with van der Waals surface area (Å²) in [7, 11) is 1.32. The first-order valence-electron chi connectivity index (χ1n) is 12.3. The fourth-order valence-electron chi connectivity index (χ4n) is 3.51. The zero-order valence-corrected chi connectivity index (χ0v) is 21.2. The first-order chi connectivity index (χ1) is 18.0. The number of hydrogen-bond acceptors (Lipinski definition) is 6. The molecule has 0 aromatic heterocycles. The van der Waals surface area contributed by atoms with E-state index in [1.54, 1.807) is 18.2 Å². The Morgan fingerprint density at radius 2 is 1.65 bits per heavy atom. The Morgan fingerprint density at radius 1 is 0.919 bits per heavy atom. The smallest absolute Gasteiger partial charge is 0.371 e. The lowest BCUT2D eigenvalue weighted by Gasteiger charge is -2.14. The van der Waals surface area contributed by atoms with Crippen LogP contribution in [0.1, 0.15) is 41.3 Å². The van der Waals surface area contributed by atoms with Crippen LogP contribution in [0, 0.1) is 0 Å². The van der Waals surface area contributed by atoms with Crippen LogP contribution >= 0.6 is 0 Å². The Morgan fingerprint density at radius 3 is 2.32 bits per heavy atom. The third-order valence-electron chi connectivity index (χ3n) is 5.60. The number of ketones is 1. The van der Waals surface area contributed by atoms with Gasteiger partial charge in [-0.1, -0.05) is 61.9 Å². The van der Waals surface area contributed by atoms with Gasteiger partial charge in [0.1, 0.15) is 0 Å². The van der Waals surface area contributed by atoms with E-state index in [1.165, 1.54) is 13.2 Å². The molecule has 0 aliphatic rings. The van der Waals surface area contributed by atoms with E-state index in [9.17, 15) is 14.7 Å². The van der Waals surface area contributed by atoms with Crippen molar-refractivity contribution in [3.63, 3.8) is 0 Å². The van der Waals surface area contributed by atoms with E-state index >= 15 is 0 Å². The highest BCUT2D eigenvalue weighted by molar-refractivity contribution is 5.98. The molecule has 0 fully saturated rings. The number of anilines is 1. The van der Waals surface area contributed by atoms with Gasteiger partial charge in [0.25, 0.3) is 0 Å². The molecule has 7 nitrogen and oxygen atoms in total. The van der Waals surface area contributed by atoms with E-state index in [0.717, 1.165) is 24.1 Å². The lowest BCUT2D eigenvalue weighted by molar-refractivity contribution is -0.135. The molecule has 3 rings (SSSR count). The first-order valence-corrected chi connectivity index (χ1v) is 12.3. The molecule has 0 saturated heterocycles. The molecule has 3 aromatic carbocycles. The van der Waals surface area contributed by atoms with Crippen molar-refractivity contribution in [3.05, 3.63) is 95.2 Å². The number of aliphatic carboxylic acids is 1. The predicted molar refractivity (Wildman–Crippen MR) is 144 cm³/mol. The van der Waals surface area contributed by atoms with E-state index in [4.69, 9.17) is 14.2 Å². The molecule has 0 spiro atoms. The summed E-state index contributed by atoms with van der Waals surface area (Å²) in [5, 5.41) is 12.4. The van der Waals surface area contributed by atoms with Crippen LogP contribution in [-0.2, 0) is 16.0 Å². The minimum absolute atomic E-state index is 0.0398. The number of methoxy groups -OCH3 is 1. The van der Waals surface area contributed by atoms with Gasteiger partial charge in [0.2, 0.25) is 5.76 Å². The average Bonchev–Trinajstić information content (AvgIpc) is 2.92. The van der Waals surface area contributed by atoms with Gasteiger partial charge in [-0.2, -0.15) is 0 Å². The van der Waals surface area contributed by atoms with Crippen LogP contribution < -0.4 is 14.8 Å². The molecule has 0 aliphatic carbocycles. The molecule has 0 bridgehead atoms. The summed E-state index contributed by atoms with van der Waals surface area (Å²) in [5.74, 6) is -0.0975. The van der Waals surface area contributed by atoms with E-state index < -0.39 is 5.97 Å². The van der Waals surface area contributed by atoms with Gasteiger partial charge in [0.15, 0.2) is 17.3 Å². The van der Waals surface area contributed by atoms with E-state index in [2.05, 4.69) is 12.2 Å². The zero-order chi connectivity index (χ0) is 26.5. The van der Waals surface area contributed by atoms with Crippen molar-refractivity contribution in [2.24, 2.45) is 0 Å². The highest BCUT2D eigenvalue weighted by atomic mass is 16.5. The lowest BCUT2D eigenvalue weighted by atomic mass is 10.1. The van der Waals surface area contributed by atoms with Gasteiger partial charge < -0.3 is 24.6 Å². The monoisotopic (exact) mass is 503 g/mol. The molecule has 7 heteroatoms. The maximum Gasteiger partial charge on any atom is 0.371 e. The number of ether oxygens (including phenoxy) is 3. The molecule has 194 valence electrons. The van der Waals surface area contributed by atoms with Crippen LogP contribution in [0.15, 0.2) is 78.6 Å². The SMILES string of the molecule is CCCCOc1cc(C=C(OC)C(=O)O)ccc1OCCc1ccc(NCC(=O)c2ccccc2)cc1. The summed E-state index contributed by atoms with van der Waals surface area (Å²) >= 11 is 0. The molecular weight excluding hydrogens is 470 g/mol. The predicted octanol–water partition coefficient (Wildman–Crippen LogP) is 5.85. The largest absolute Gasteiger partial charge is 0.490 e. The van der Waals surface area contributed by atoms with E-state index in [-0.39, 0.29) is 18.1 Å². The average molecular weight is 504 g/mol. The van der Waals surface area contributed by atoms with E-state index in [0.29, 0.717) is 42.3 Å². The highest BCUT2D eigenvalue weighted by Gasteiger charge is 2.11. The normalized spacial score (nSPS) is 11.0. The molecule has 0 saturated carbocycles. The topological polar surface area (TPSA) is 94.1 Å². The number of benzene rings is 3. The zero-order valence-electron chi connectivity index (χ0n) is 21.2. The van der Waals surface area contributed by atoms with Gasteiger partial charge in [0.05, 0.1) is 26.9 Å². The number of carboxylic acids is 1. The van der Waals surface area contributed by atoms with Crippen molar-refractivity contribution in [2.75, 3.05) is 32.2 Å². The Labute approximate surface area is 217 Å². The number of unbranched alkanes of at least 4 members (excludes halogenated alkanes) is 1. The maximum atomic E-state index is 12.3. The van der Waals surface area contributed by atoms with Crippen LogP contribution in [0.4, 0.5) is 5.69 Å². The van der Waals surface area contributed by atoms with Crippen LogP contribution in [0.25, 0.3) is 6.08 Å². The van der Waals surface area contributed by atoms with Crippen molar-refractivity contribution in [2.45, 2.75) is 26.2 Å². The lowest BCUT2D eigenvalue weighted by Crippen LogP contribution is -2.13. The molecule has 0 heterocycles. The number of Topliss-reactive ketones (excluding diaryl/α,β-unsaturated/α-hetero) is 1. The molecule has 0 aliphatic heterocycles. The number of rotatable bonds is 15. The highest BCUT2D eigenvalue weighted by Crippen LogP contribution is 2.30. The van der Waals surface area contributed by atoms with Crippen molar-refractivity contribution in [3.8, 4) is 11.5 Å². The van der Waals surface area contributed by atoms with Gasteiger partial charge >= 0.3 is 5.97 Å². The molecule has 0 amide bonds. The number of carbonyl (C=O) groups excluding carboxylic acids is 1. The Bertz CT molecular complexity index is 1190. The summed E-state index contributed by atoms with van der Waals surface area (Å²) in [5.41, 5.74) is 3.30. The van der Waals surface area contributed by atoms with Crippen LogP contribution in [0.5, 0.6) is 11.5 Å². The van der Waals surface area contributed by atoms with Crippen molar-refractivity contribution < 1.29 is 28.9 Å². The molecule has 37 heavy (non-hydrogen) atoms. The minimum Gasteiger partial charge on any atom is -0.490 e. The summed E-state index contributed by atoms with van der Waals surface area (Å²) in [6.07, 6.45) is 4.02. The quantitative estimate of drug-likeness (QED) is 0.116. The number of carboxylic acid groups (broad SMARTS) is 1. The standard InChI is InChI=1S/C30H33NO6/c1-3-4-17-36-28-19-23(20-29(35-2)30(33)34)12-15-27(28)37-18-16-22-10-13-25(14-11-22)31-21-26(32)24-8-6-5-7-9-24/h5-15,19-20,31H,3-4,16-18,21H2,1-2H3,(H,33,34). The number of hydrogen-bond donors (Lipinski definition) is 2. The van der Waals surface area contributed by atoms with Crippen molar-refractivity contribution in [1.29, 1.82) is 0 Å². The molecule has 0 radical (unpaired) electrons. The van der Waals surface area contributed by atoms with Gasteiger partial charge in [-0.25, -0.2) is 4.79 Å². The first kappa shape index (κ1) is 27.3. The fraction of sp³-hybridized carbons (Fsp3) is 0.267. The molecule has 2 N–H and O–H groups in total. The minimum atomic E-state index is -1.14. The number of nitrogens with one attached hydrogen (secondary N) is 1. The Kier molecular flexibility index (Phi) is 10.6. The summed E-state index contributed by atoms with van der Waals surface area (Å²) in [6, 6.07) is 22.4. The summed E-state index contributed by atoms with van der Waals surface area (Å²) in [4.78, 5) is 23.5. The molecular formula is C30H33NO6. The Balaban J connectivity index is 1.57. The summed E-state index contributed by atoms with van der Waals surface area (Å²) in [6.45, 7) is 3.30. The van der Waals surface area contributed by atoms with Crippen molar-refractivity contribution in [1.82, 2.24) is 0 Å². The van der Waals surface area contributed by atoms with Gasteiger partial charge in [-0.15, -0.1) is 0 Å². The van der Waals surface area contributed by atoms with Gasteiger partial charge in [-0.05, 0) is 47.9 Å². The van der Waals surface area contributed by atoms with Crippen LogP contribution in [0.3, 0.4) is 0 Å². The van der Waals surface area contributed by atoms with Crippen LogP contribution in [0.2, 0.25) is 0 Å². The molecule has 3 aromatic rings. The van der Waals surface area contributed by atoms with E-state index in [1.807, 2.05) is 54.6 Å². The third kappa shape index (κ3) is 8.72. The summed E-state index contributed by atoms with van der Waals surface area (Å²) < 4.78 is 16.8. The number of carbonyl (C=O) groups is 2. The van der Waals surface area contributed by atoms with Crippen molar-refractivity contribution >= 4 is 23.5 Å². The van der Waals surface area contributed by atoms with Gasteiger partial charge in [0, 0.05) is 17.7 Å². The Hall–Kier alpha value is -4.26. The second-order valence-corrected chi connectivity index (χ2v) is 8.36. The second kappa shape index (κ2) is 14.3. The maximum absolute atomic E-state index is 12.3. The van der Waals surface area contributed by atoms with Gasteiger partial charge in [-0.3, -0.25) is 4.79 Å². The fourth-order valence-corrected chi connectivity index (χ4v) is 3.51.